The van der Waals surface area contributed by atoms with E-state index >= 15 is 0 Å². The number of ether oxygens (including phenoxy) is 2. The van der Waals surface area contributed by atoms with Crippen molar-refractivity contribution >= 4 is 17.6 Å². The highest BCUT2D eigenvalue weighted by molar-refractivity contribution is 7.99. The van der Waals surface area contributed by atoms with Crippen molar-refractivity contribution in [2.45, 2.75) is 16.8 Å². The van der Waals surface area contributed by atoms with Crippen LogP contribution in [0, 0.1) is 0 Å². The first-order valence-electron chi connectivity index (χ1n) is 6.23. The lowest BCUT2D eigenvalue weighted by molar-refractivity contribution is 0.400. The molecule has 0 saturated carbocycles. The number of nitrogens with zero attached hydrogens (tertiary/aromatic N) is 2. The third kappa shape index (κ3) is 3.33. The minimum atomic E-state index is 0.655. The maximum atomic E-state index is 5.42. The van der Waals surface area contributed by atoms with E-state index in [9.17, 15) is 0 Å². The highest BCUT2D eigenvalue weighted by Gasteiger charge is 2.13. The summed E-state index contributed by atoms with van der Waals surface area (Å²) in [5.41, 5.74) is 0. The number of rotatable bonds is 6. The fraction of sp³-hybridized carbons (Fsp3) is 0.286. The van der Waals surface area contributed by atoms with E-state index in [0.29, 0.717) is 11.6 Å². The Balaban J connectivity index is 2.30. The van der Waals surface area contributed by atoms with Gasteiger partial charge in [0.15, 0.2) is 11.6 Å². The summed E-state index contributed by atoms with van der Waals surface area (Å²) >= 11 is 1.51. The molecule has 5 nitrogen and oxygen atoms in total. The molecule has 0 bridgehead atoms. The second-order valence-electron chi connectivity index (χ2n) is 3.87. The normalized spacial score (nSPS) is 10.2. The molecule has 0 aliphatic heterocycles. The van der Waals surface area contributed by atoms with Crippen LogP contribution in [0.3, 0.4) is 0 Å². The first-order chi connectivity index (χ1) is 9.78. The Kier molecular flexibility index (Phi) is 5.06. The molecule has 0 amide bonds. The van der Waals surface area contributed by atoms with Gasteiger partial charge in [-0.25, -0.2) is 9.97 Å². The molecule has 1 aromatic heterocycles. The monoisotopic (exact) mass is 291 g/mol. The summed E-state index contributed by atoms with van der Waals surface area (Å²) in [6.45, 7) is 2.78. The number of benzene rings is 1. The summed E-state index contributed by atoms with van der Waals surface area (Å²) in [4.78, 5) is 9.51. The second-order valence-corrected chi connectivity index (χ2v) is 4.93. The van der Waals surface area contributed by atoms with Crippen molar-refractivity contribution in [2.75, 3.05) is 26.1 Å². The summed E-state index contributed by atoms with van der Waals surface area (Å²) in [6, 6.07) is 7.81. The van der Waals surface area contributed by atoms with Crippen LogP contribution in [-0.4, -0.2) is 30.7 Å². The van der Waals surface area contributed by atoms with Crippen LogP contribution in [0.5, 0.6) is 11.5 Å². The van der Waals surface area contributed by atoms with Gasteiger partial charge < -0.3 is 14.8 Å². The average molecular weight is 291 g/mol. The zero-order valence-electron chi connectivity index (χ0n) is 11.7. The summed E-state index contributed by atoms with van der Waals surface area (Å²) in [5.74, 6) is 2.17. The maximum absolute atomic E-state index is 5.42. The van der Waals surface area contributed by atoms with Crippen molar-refractivity contribution < 1.29 is 9.47 Å². The molecule has 6 heteroatoms. The van der Waals surface area contributed by atoms with Gasteiger partial charge in [-0.3, -0.25) is 0 Å². The van der Waals surface area contributed by atoms with Gasteiger partial charge in [-0.15, -0.1) is 0 Å². The van der Waals surface area contributed by atoms with Crippen molar-refractivity contribution in [3.8, 4) is 11.5 Å². The quantitative estimate of drug-likeness (QED) is 0.825. The number of anilines is 1. The molecule has 0 radical (unpaired) electrons. The van der Waals surface area contributed by atoms with Crippen LogP contribution in [0.15, 0.2) is 40.5 Å². The summed E-state index contributed by atoms with van der Waals surface area (Å²) in [5, 5.41) is 3.93. The highest BCUT2D eigenvalue weighted by atomic mass is 32.2. The molecule has 0 atom stereocenters. The molecule has 0 spiro atoms. The molecule has 20 heavy (non-hydrogen) atoms. The van der Waals surface area contributed by atoms with Gasteiger partial charge in [0.1, 0.15) is 17.1 Å². The van der Waals surface area contributed by atoms with Crippen molar-refractivity contribution in [2.24, 2.45) is 0 Å². The molecular formula is C14H17N3O2S. The SMILES string of the molecule is CCNc1ncnc(Sc2cccc(OC)c2)c1OC. The molecule has 2 aromatic rings. The van der Waals surface area contributed by atoms with E-state index in [4.69, 9.17) is 9.47 Å². The number of aromatic nitrogens is 2. The molecule has 1 N–H and O–H groups in total. The second kappa shape index (κ2) is 7.00. The largest absolute Gasteiger partial charge is 0.497 e. The molecule has 1 aromatic carbocycles. The van der Waals surface area contributed by atoms with E-state index in [2.05, 4.69) is 15.3 Å². The van der Waals surface area contributed by atoms with Gasteiger partial charge in [0, 0.05) is 11.4 Å². The Hall–Kier alpha value is -1.95. The molecule has 0 aliphatic carbocycles. The van der Waals surface area contributed by atoms with Crippen LogP contribution >= 0.6 is 11.8 Å². The molecule has 0 aliphatic rings. The highest BCUT2D eigenvalue weighted by Crippen LogP contribution is 2.37. The summed E-state index contributed by atoms with van der Waals surface area (Å²) in [7, 11) is 3.27. The fourth-order valence-corrected chi connectivity index (χ4v) is 2.60. The molecule has 0 saturated heterocycles. The van der Waals surface area contributed by atoms with Gasteiger partial charge in [0.05, 0.1) is 14.2 Å². The maximum Gasteiger partial charge on any atom is 0.194 e. The van der Waals surface area contributed by atoms with Crippen LogP contribution in [0.25, 0.3) is 0 Å². The third-order valence-corrected chi connectivity index (χ3v) is 3.55. The van der Waals surface area contributed by atoms with Crippen LogP contribution < -0.4 is 14.8 Å². The van der Waals surface area contributed by atoms with Crippen LogP contribution in [0.4, 0.5) is 5.82 Å². The van der Waals surface area contributed by atoms with Gasteiger partial charge in [0.2, 0.25) is 0 Å². The predicted molar refractivity (Wildman–Crippen MR) is 79.9 cm³/mol. The first kappa shape index (κ1) is 14.5. The third-order valence-electron chi connectivity index (χ3n) is 2.58. The van der Waals surface area contributed by atoms with Gasteiger partial charge >= 0.3 is 0 Å². The summed E-state index contributed by atoms with van der Waals surface area (Å²) < 4.78 is 10.6. The molecule has 0 fully saturated rings. The van der Waals surface area contributed by atoms with Gasteiger partial charge in [0.25, 0.3) is 0 Å². The minimum absolute atomic E-state index is 0.655. The van der Waals surface area contributed by atoms with Gasteiger partial charge in [-0.2, -0.15) is 0 Å². The zero-order valence-corrected chi connectivity index (χ0v) is 12.5. The van der Waals surface area contributed by atoms with Crippen molar-refractivity contribution in [1.82, 2.24) is 9.97 Å². The fourth-order valence-electron chi connectivity index (χ4n) is 1.68. The van der Waals surface area contributed by atoms with Gasteiger partial charge in [-0.05, 0) is 25.1 Å². The lowest BCUT2D eigenvalue weighted by Gasteiger charge is -2.12. The Morgan fingerprint density at radius 3 is 2.75 bits per heavy atom. The predicted octanol–water partition coefficient (Wildman–Crippen LogP) is 3.08. The Labute approximate surface area is 122 Å². The number of hydrogen-bond donors (Lipinski definition) is 1. The molecule has 2 rings (SSSR count). The average Bonchev–Trinajstić information content (AvgIpc) is 2.48. The molecular weight excluding hydrogens is 274 g/mol. The lowest BCUT2D eigenvalue weighted by Crippen LogP contribution is -2.03. The first-order valence-corrected chi connectivity index (χ1v) is 7.05. The van der Waals surface area contributed by atoms with Crippen molar-refractivity contribution in [1.29, 1.82) is 0 Å². The topological polar surface area (TPSA) is 56.3 Å². The van der Waals surface area contributed by atoms with E-state index in [1.54, 1.807) is 14.2 Å². The molecule has 1 heterocycles. The standard InChI is InChI=1S/C14H17N3O2S/c1-4-15-13-12(19-3)14(17-9-16-13)20-11-7-5-6-10(8-11)18-2/h5-9H,4H2,1-3H3,(H,15,16,17). The van der Waals surface area contributed by atoms with Crippen LogP contribution in [-0.2, 0) is 0 Å². The Morgan fingerprint density at radius 2 is 2.05 bits per heavy atom. The number of methoxy groups -OCH3 is 2. The number of nitrogens with one attached hydrogen (secondary N) is 1. The number of hydrogen-bond acceptors (Lipinski definition) is 6. The van der Waals surface area contributed by atoms with Crippen molar-refractivity contribution in [3.63, 3.8) is 0 Å². The Morgan fingerprint density at radius 1 is 1.20 bits per heavy atom. The van der Waals surface area contributed by atoms with E-state index in [1.807, 2.05) is 31.2 Å². The Bertz CT molecular complexity index is 578. The smallest absolute Gasteiger partial charge is 0.194 e. The van der Waals surface area contributed by atoms with E-state index < -0.39 is 0 Å². The van der Waals surface area contributed by atoms with E-state index in [1.165, 1.54) is 18.1 Å². The summed E-state index contributed by atoms with van der Waals surface area (Å²) in [6.07, 6.45) is 1.53. The lowest BCUT2D eigenvalue weighted by atomic mass is 10.3. The van der Waals surface area contributed by atoms with Crippen LogP contribution in [0.1, 0.15) is 6.92 Å². The minimum Gasteiger partial charge on any atom is -0.497 e. The molecule has 0 unspecified atom stereocenters. The zero-order chi connectivity index (χ0) is 14.4. The van der Waals surface area contributed by atoms with Crippen LogP contribution in [0.2, 0.25) is 0 Å². The van der Waals surface area contributed by atoms with E-state index in [-0.39, 0.29) is 0 Å². The van der Waals surface area contributed by atoms with Crippen molar-refractivity contribution in [3.05, 3.63) is 30.6 Å². The molecule has 106 valence electrons. The van der Waals surface area contributed by atoms with E-state index in [0.717, 1.165) is 22.2 Å². The van der Waals surface area contributed by atoms with Gasteiger partial charge in [-0.1, -0.05) is 17.8 Å².